The number of benzene rings is 5. The molecule has 0 saturated heterocycles. The topological polar surface area (TPSA) is 6.48 Å². The van der Waals surface area contributed by atoms with Crippen LogP contribution >= 0.6 is 0 Å². The fraction of sp³-hybridized carbons (Fsp3) is 0.189. The van der Waals surface area contributed by atoms with Gasteiger partial charge >= 0.3 is 0 Å². The van der Waals surface area contributed by atoms with Crippen molar-refractivity contribution in [2.75, 3.05) is 9.80 Å². The van der Waals surface area contributed by atoms with Crippen LogP contribution in [0.3, 0.4) is 0 Å². The lowest BCUT2D eigenvalue weighted by Gasteiger charge is -2.49. The fourth-order valence-corrected chi connectivity index (χ4v) is 6.89. The van der Waals surface area contributed by atoms with Crippen molar-refractivity contribution in [1.82, 2.24) is 0 Å². The number of hydrogen-bond acceptors (Lipinski definition) is 2. The van der Waals surface area contributed by atoms with E-state index in [1.165, 1.54) is 61.9 Å². The van der Waals surface area contributed by atoms with Gasteiger partial charge < -0.3 is 9.80 Å². The molecule has 192 valence electrons. The summed E-state index contributed by atoms with van der Waals surface area (Å²) >= 11 is 0. The lowest BCUT2D eigenvalue weighted by atomic mass is 9.66. The molecule has 7 rings (SSSR count). The Hall–Kier alpha value is -4.30. The van der Waals surface area contributed by atoms with E-state index in [4.69, 9.17) is 0 Å². The molecule has 5 aromatic carbocycles. The summed E-state index contributed by atoms with van der Waals surface area (Å²) in [6, 6.07) is 42.3. The highest BCUT2D eigenvalue weighted by molar-refractivity contribution is 5.96. The number of para-hydroxylation sites is 3. The van der Waals surface area contributed by atoms with Crippen molar-refractivity contribution in [3.8, 4) is 0 Å². The number of hydrogen-bond donors (Lipinski definition) is 0. The molecular formula is C37H34N2. The van der Waals surface area contributed by atoms with Crippen LogP contribution in [0, 0.1) is 6.92 Å². The van der Waals surface area contributed by atoms with Crippen LogP contribution in [-0.4, -0.2) is 0 Å². The van der Waals surface area contributed by atoms with E-state index in [-0.39, 0.29) is 10.8 Å². The summed E-state index contributed by atoms with van der Waals surface area (Å²) in [6.45, 7) is 11.8. The molecule has 0 amide bonds. The summed E-state index contributed by atoms with van der Waals surface area (Å²) in [5.74, 6) is 0. The zero-order valence-electron chi connectivity index (χ0n) is 23.4. The minimum absolute atomic E-state index is 0.146. The standard InChI is InChI=1S/C37H34N2/c1-25-20-22-32-30(24-25)37(4,5)34-33(38(32)26-14-8-6-9-15-26)23-21-29-35(34)39(27-16-10-7-11-17-27)31-19-13-12-18-28(31)36(29,2)3/h6-24H,1-5H3. The molecule has 0 spiro atoms. The molecule has 0 atom stereocenters. The average Bonchev–Trinajstić information content (AvgIpc) is 2.94. The van der Waals surface area contributed by atoms with Gasteiger partial charge in [-0.15, -0.1) is 0 Å². The molecule has 2 aliphatic heterocycles. The van der Waals surface area contributed by atoms with Gasteiger partial charge in [-0.1, -0.05) is 106 Å². The Labute approximate surface area is 232 Å². The maximum absolute atomic E-state index is 2.51. The zero-order valence-corrected chi connectivity index (χ0v) is 23.4. The van der Waals surface area contributed by atoms with E-state index >= 15 is 0 Å². The number of fused-ring (bicyclic) bond motifs is 5. The van der Waals surface area contributed by atoms with Gasteiger partial charge in [0.25, 0.3) is 0 Å². The predicted octanol–water partition coefficient (Wildman–Crippen LogP) is 10.2. The second-order valence-electron chi connectivity index (χ2n) is 12.0. The molecular weight excluding hydrogens is 472 g/mol. The average molecular weight is 507 g/mol. The monoisotopic (exact) mass is 506 g/mol. The van der Waals surface area contributed by atoms with Crippen molar-refractivity contribution in [1.29, 1.82) is 0 Å². The van der Waals surface area contributed by atoms with Gasteiger partial charge in [0.1, 0.15) is 0 Å². The number of anilines is 6. The molecule has 2 nitrogen and oxygen atoms in total. The summed E-state index contributed by atoms with van der Waals surface area (Å²) in [6.07, 6.45) is 0. The molecule has 0 fully saturated rings. The van der Waals surface area contributed by atoms with Gasteiger partial charge in [-0.3, -0.25) is 0 Å². The Morgan fingerprint density at radius 2 is 1.03 bits per heavy atom. The largest absolute Gasteiger partial charge is 0.310 e. The molecule has 0 unspecified atom stereocenters. The maximum Gasteiger partial charge on any atom is 0.0564 e. The first kappa shape index (κ1) is 23.8. The summed E-state index contributed by atoms with van der Waals surface area (Å²) < 4.78 is 0. The molecule has 0 bridgehead atoms. The Kier molecular flexibility index (Phi) is 5.09. The summed E-state index contributed by atoms with van der Waals surface area (Å²) in [4.78, 5) is 4.98. The minimum Gasteiger partial charge on any atom is -0.310 e. The molecule has 0 aromatic heterocycles. The van der Waals surface area contributed by atoms with Crippen LogP contribution in [-0.2, 0) is 10.8 Å². The first-order valence-electron chi connectivity index (χ1n) is 13.9. The van der Waals surface area contributed by atoms with E-state index < -0.39 is 0 Å². The summed E-state index contributed by atoms with van der Waals surface area (Å²) in [5.41, 5.74) is 13.8. The second-order valence-corrected chi connectivity index (χ2v) is 12.0. The predicted molar refractivity (Wildman–Crippen MR) is 165 cm³/mol. The highest BCUT2D eigenvalue weighted by Gasteiger charge is 2.45. The van der Waals surface area contributed by atoms with E-state index in [0.29, 0.717) is 0 Å². The normalized spacial score (nSPS) is 16.1. The molecule has 0 aliphatic carbocycles. The summed E-state index contributed by atoms with van der Waals surface area (Å²) in [5, 5.41) is 0. The van der Waals surface area contributed by atoms with Crippen molar-refractivity contribution < 1.29 is 0 Å². The molecule has 0 radical (unpaired) electrons. The molecule has 2 aliphatic rings. The van der Waals surface area contributed by atoms with E-state index in [9.17, 15) is 0 Å². The molecule has 2 heteroatoms. The van der Waals surface area contributed by atoms with Crippen LogP contribution in [0.25, 0.3) is 0 Å². The van der Waals surface area contributed by atoms with Crippen molar-refractivity contribution in [3.63, 3.8) is 0 Å². The molecule has 5 aromatic rings. The van der Waals surface area contributed by atoms with E-state index in [1.54, 1.807) is 0 Å². The van der Waals surface area contributed by atoms with Crippen molar-refractivity contribution >= 4 is 34.1 Å². The third-order valence-electron chi connectivity index (χ3n) is 8.83. The van der Waals surface area contributed by atoms with Crippen LogP contribution in [0.4, 0.5) is 34.1 Å². The number of nitrogens with zero attached hydrogens (tertiary/aromatic N) is 2. The quantitative estimate of drug-likeness (QED) is 0.235. The first-order chi connectivity index (χ1) is 18.8. The van der Waals surface area contributed by atoms with Crippen LogP contribution in [0.2, 0.25) is 0 Å². The van der Waals surface area contributed by atoms with E-state index in [0.717, 1.165) is 0 Å². The third-order valence-corrected chi connectivity index (χ3v) is 8.83. The summed E-state index contributed by atoms with van der Waals surface area (Å²) in [7, 11) is 0. The van der Waals surface area contributed by atoms with Crippen LogP contribution in [0.5, 0.6) is 0 Å². The number of rotatable bonds is 2. The molecule has 2 heterocycles. The van der Waals surface area contributed by atoms with Gasteiger partial charge in [-0.2, -0.15) is 0 Å². The zero-order chi connectivity index (χ0) is 26.9. The Morgan fingerprint density at radius 3 is 1.72 bits per heavy atom. The van der Waals surface area contributed by atoms with Crippen molar-refractivity contribution in [2.45, 2.75) is 45.4 Å². The van der Waals surface area contributed by atoms with Gasteiger partial charge in [-0.05, 0) is 66.1 Å². The Balaban J connectivity index is 1.63. The van der Waals surface area contributed by atoms with Gasteiger partial charge in [0.05, 0.1) is 22.7 Å². The van der Waals surface area contributed by atoms with E-state index in [2.05, 4.69) is 160 Å². The fourth-order valence-electron chi connectivity index (χ4n) is 6.89. The lowest BCUT2D eigenvalue weighted by molar-refractivity contribution is 0.605. The highest BCUT2D eigenvalue weighted by atomic mass is 15.2. The van der Waals surface area contributed by atoms with Crippen LogP contribution in [0.1, 0.15) is 55.5 Å². The first-order valence-corrected chi connectivity index (χ1v) is 13.9. The Bertz CT molecular complexity index is 1710. The Morgan fingerprint density at radius 1 is 0.462 bits per heavy atom. The lowest BCUT2D eigenvalue weighted by Crippen LogP contribution is -2.37. The molecule has 0 saturated carbocycles. The van der Waals surface area contributed by atoms with Crippen LogP contribution in [0.15, 0.2) is 115 Å². The van der Waals surface area contributed by atoms with Gasteiger partial charge in [0, 0.05) is 27.8 Å². The minimum atomic E-state index is -0.220. The highest BCUT2D eigenvalue weighted by Crippen LogP contribution is 2.61. The van der Waals surface area contributed by atoms with Crippen LogP contribution < -0.4 is 9.80 Å². The van der Waals surface area contributed by atoms with E-state index in [1.807, 2.05) is 0 Å². The number of aryl methyl sites for hydroxylation is 1. The SMILES string of the molecule is Cc1ccc2c(c1)C(C)(C)c1c(ccc3c1N(c1ccccc1)c1ccccc1C3(C)C)N2c1ccccc1. The maximum atomic E-state index is 2.51. The van der Waals surface area contributed by atoms with Gasteiger partial charge in [0.2, 0.25) is 0 Å². The van der Waals surface area contributed by atoms with Crippen molar-refractivity contribution in [3.05, 3.63) is 143 Å². The molecule has 39 heavy (non-hydrogen) atoms. The third kappa shape index (κ3) is 3.34. The smallest absolute Gasteiger partial charge is 0.0564 e. The van der Waals surface area contributed by atoms with Gasteiger partial charge in [0.15, 0.2) is 0 Å². The van der Waals surface area contributed by atoms with Crippen molar-refractivity contribution in [2.24, 2.45) is 0 Å². The second kappa shape index (κ2) is 8.35. The van der Waals surface area contributed by atoms with Gasteiger partial charge in [-0.25, -0.2) is 0 Å². The molecule has 0 N–H and O–H groups in total.